The first-order valence-corrected chi connectivity index (χ1v) is 7.69. The standard InChI is InChI=1S/C12H15ClN4O2S/c1-7-12(13)8(2)17(16-7)9-4-5-11(10(14)6-9)20(18,19)15-3/h4-6,15H,14H2,1-3H3. The Morgan fingerprint density at radius 1 is 1.35 bits per heavy atom. The second-order valence-electron chi connectivity index (χ2n) is 4.33. The van der Waals surface area contributed by atoms with Crippen molar-refractivity contribution in [3.8, 4) is 5.69 Å². The van der Waals surface area contributed by atoms with Gasteiger partial charge in [-0.3, -0.25) is 0 Å². The highest BCUT2D eigenvalue weighted by Crippen LogP contribution is 2.26. The summed E-state index contributed by atoms with van der Waals surface area (Å²) < 4.78 is 27.4. The molecule has 2 aromatic rings. The monoisotopic (exact) mass is 314 g/mol. The number of anilines is 1. The fourth-order valence-electron chi connectivity index (χ4n) is 1.90. The van der Waals surface area contributed by atoms with E-state index >= 15 is 0 Å². The lowest BCUT2D eigenvalue weighted by atomic mass is 10.3. The average molecular weight is 315 g/mol. The molecule has 0 bridgehead atoms. The number of nitrogens with zero attached hydrogens (tertiary/aromatic N) is 2. The van der Waals surface area contributed by atoms with Gasteiger partial charge < -0.3 is 5.73 Å². The summed E-state index contributed by atoms with van der Waals surface area (Å²) in [5.41, 5.74) is 8.11. The molecular weight excluding hydrogens is 300 g/mol. The number of aryl methyl sites for hydroxylation is 1. The van der Waals surface area contributed by atoms with Crippen LogP contribution in [0.4, 0.5) is 5.69 Å². The topological polar surface area (TPSA) is 90.0 Å². The van der Waals surface area contributed by atoms with Crippen molar-refractivity contribution in [3.05, 3.63) is 34.6 Å². The van der Waals surface area contributed by atoms with Crippen molar-refractivity contribution in [3.63, 3.8) is 0 Å². The molecule has 108 valence electrons. The molecule has 0 radical (unpaired) electrons. The number of nitrogens with one attached hydrogen (secondary N) is 1. The second-order valence-corrected chi connectivity index (χ2v) is 6.56. The second kappa shape index (κ2) is 5.08. The molecule has 0 fully saturated rings. The maximum atomic E-state index is 11.8. The van der Waals surface area contributed by atoms with Gasteiger partial charge in [-0.1, -0.05) is 11.6 Å². The first-order chi connectivity index (χ1) is 9.27. The summed E-state index contributed by atoms with van der Waals surface area (Å²) in [5, 5.41) is 4.88. The van der Waals surface area contributed by atoms with E-state index in [1.165, 1.54) is 13.1 Å². The molecule has 0 amide bonds. The van der Waals surface area contributed by atoms with Gasteiger partial charge in [0, 0.05) is 0 Å². The molecule has 0 saturated carbocycles. The molecule has 0 atom stereocenters. The van der Waals surface area contributed by atoms with Crippen LogP contribution in [0.25, 0.3) is 5.69 Å². The van der Waals surface area contributed by atoms with Crippen molar-refractivity contribution in [2.45, 2.75) is 18.7 Å². The van der Waals surface area contributed by atoms with Gasteiger partial charge in [0.15, 0.2) is 0 Å². The number of halogens is 1. The molecule has 6 nitrogen and oxygen atoms in total. The van der Waals surface area contributed by atoms with Crippen LogP contribution >= 0.6 is 11.6 Å². The van der Waals surface area contributed by atoms with E-state index in [2.05, 4.69) is 9.82 Å². The largest absolute Gasteiger partial charge is 0.398 e. The zero-order chi connectivity index (χ0) is 15.1. The van der Waals surface area contributed by atoms with Crippen LogP contribution in [0.5, 0.6) is 0 Å². The van der Waals surface area contributed by atoms with E-state index in [0.717, 1.165) is 5.69 Å². The quantitative estimate of drug-likeness (QED) is 0.843. The summed E-state index contributed by atoms with van der Waals surface area (Å²) in [5.74, 6) is 0. The minimum absolute atomic E-state index is 0.0383. The molecule has 0 aliphatic carbocycles. The van der Waals surface area contributed by atoms with Gasteiger partial charge in [0.2, 0.25) is 10.0 Å². The Morgan fingerprint density at radius 2 is 2.00 bits per heavy atom. The van der Waals surface area contributed by atoms with Gasteiger partial charge in [-0.25, -0.2) is 17.8 Å². The molecule has 1 aromatic heterocycles. The van der Waals surface area contributed by atoms with Crippen LogP contribution in [0.15, 0.2) is 23.1 Å². The first-order valence-electron chi connectivity index (χ1n) is 5.83. The lowest BCUT2D eigenvalue weighted by Crippen LogP contribution is -2.20. The third kappa shape index (κ3) is 2.39. The molecule has 3 N–H and O–H groups in total. The number of hydrogen-bond acceptors (Lipinski definition) is 4. The minimum Gasteiger partial charge on any atom is -0.398 e. The molecule has 2 rings (SSSR count). The molecule has 8 heteroatoms. The molecular formula is C12H15ClN4O2S. The van der Waals surface area contributed by atoms with E-state index in [0.29, 0.717) is 16.4 Å². The van der Waals surface area contributed by atoms with E-state index in [1.807, 2.05) is 6.92 Å². The zero-order valence-electron chi connectivity index (χ0n) is 11.3. The summed E-state index contributed by atoms with van der Waals surface area (Å²) in [4.78, 5) is 0.0383. The Balaban J connectivity index is 2.57. The lowest BCUT2D eigenvalue weighted by Gasteiger charge is -2.09. The van der Waals surface area contributed by atoms with Crippen LogP contribution in [0.1, 0.15) is 11.4 Å². The lowest BCUT2D eigenvalue weighted by molar-refractivity contribution is 0.588. The zero-order valence-corrected chi connectivity index (χ0v) is 12.9. The molecule has 0 saturated heterocycles. The highest BCUT2D eigenvalue weighted by molar-refractivity contribution is 7.89. The number of nitrogens with two attached hydrogens (primary N) is 1. The van der Waals surface area contributed by atoms with Crippen LogP contribution in [0.2, 0.25) is 5.02 Å². The third-order valence-corrected chi connectivity index (χ3v) is 5.03. The van der Waals surface area contributed by atoms with E-state index in [4.69, 9.17) is 17.3 Å². The van der Waals surface area contributed by atoms with Crippen LogP contribution in [0, 0.1) is 13.8 Å². The van der Waals surface area contributed by atoms with Crippen molar-refractivity contribution >= 4 is 27.3 Å². The molecule has 20 heavy (non-hydrogen) atoms. The third-order valence-electron chi connectivity index (χ3n) is 3.00. The van der Waals surface area contributed by atoms with Gasteiger partial charge in [-0.05, 0) is 39.1 Å². The first kappa shape index (κ1) is 14.8. The Bertz CT molecular complexity index is 768. The van der Waals surface area contributed by atoms with E-state index < -0.39 is 10.0 Å². The number of rotatable bonds is 3. The van der Waals surface area contributed by atoms with Crippen LogP contribution in [-0.4, -0.2) is 25.2 Å². The van der Waals surface area contributed by atoms with Gasteiger partial charge in [-0.2, -0.15) is 5.10 Å². The summed E-state index contributed by atoms with van der Waals surface area (Å²) in [6, 6.07) is 4.64. The fraction of sp³-hybridized carbons (Fsp3) is 0.250. The van der Waals surface area contributed by atoms with Crippen molar-refractivity contribution in [2.75, 3.05) is 12.8 Å². The molecule has 0 unspecified atom stereocenters. The highest BCUT2D eigenvalue weighted by atomic mass is 35.5. The van der Waals surface area contributed by atoms with Crippen LogP contribution in [-0.2, 0) is 10.0 Å². The normalized spacial score (nSPS) is 11.8. The van der Waals surface area contributed by atoms with E-state index in [1.54, 1.807) is 23.7 Å². The average Bonchev–Trinajstić information content (AvgIpc) is 2.66. The van der Waals surface area contributed by atoms with Crippen molar-refractivity contribution in [2.24, 2.45) is 0 Å². The minimum atomic E-state index is -3.57. The van der Waals surface area contributed by atoms with Crippen LogP contribution in [0.3, 0.4) is 0 Å². The molecule has 1 aromatic carbocycles. The fourth-order valence-corrected chi connectivity index (χ4v) is 2.85. The van der Waals surface area contributed by atoms with E-state index in [-0.39, 0.29) is 10.6 Å². The van der Waals surface area contributed by atoms with Crippen molar-refractivity contribution in [1.82, 2.24) is 14.5 Å². The predicted octanol–water partition coefficient (Wildman–Crippen LogP) is 1.63. The Labute approximate surface area is 122 Å². The molecule has 0 aliphatic heterocycles. The van der Waals surface area contributed by atoms with E-state index in [9.17, 15) is 8.42 Å². The summed E-state index contributed by atoms with van der Waals surface area (Å²) >= 11 is 6.09. The number of aromatic nitrogens is 2. The molecule has 0 spiro atoms. The summed E-state index contributed by atoms with van der Waals surface area (Å²) in [6.07, 6.45) is 0. The SMILES string of the molecule is CNS(=O)(=O)c1ccc(-n2nc(C)c(Cl)c2C)cc1N. The van der Waals surface area contributed by atoms with Gasteiger partial charge in [0.1, 0.15) is 4.90 Å². The smallest absolute Gasteiger partial charge is 0.242 e. The van der Waals surface area contributed by atoms with Gasteiger partial charge in [-0.15, -0.1) is 0 Å². The van der Waals surface area contributed by atoms with Crippen molar-refractivity contribution < 1.29 is 8.42 Å². The number of nitrogen functional groups attached to an aromatic ring is 1. The number of hydrogen-bond donors (Lipinski definition) is 2. The Morgan fingerprint density at radius 3 is 2.45 bits per heavy atom. The Hall–Kier alpha value is -1.57. The van der Waals surface area contributed by atoms with Gasteiger partial charge in [0.25, 0.3) is 0 Å². The number of sulfonamides is 1. The molecule has 0 aliphatic rings. The summed E-state index contributed by atoms with van der Waals surface area (Å²) in [7, 11) is -2.23. The van der Waals surface area contributed by atoms with Gasteiger partial charge in [0.05, 0.1) is 27.8 Å². The summed E-state index contributed by atoms with van der Waals surface area (Å²) in [6.45, 7) is 3.63. The maximum absolute atomic E-state index is 11.8. The number of benzene rings is 1. The van der Waals surface area contributed by atoms with Crippen LogP contribution < -0.4 is 10.5 Å². The Kier molecular flexibility index (Phi) is 3.77. The maximum Gasteiger partial charge on any atom is 0.242 e. The molecule has 1 heterocycles. The highest BCUT2D eigenvalue weighted by Gasteiger charge is 2.17. The van der Waals surface area contributed by atoms with Gasteiger partial charge >= 0.3 is 0 Å². The predicted molar refractivity (Wildman–Crippen MR) is 78.7 cm³/mol. The van der Waals surface area contributed by atoms with Crippen molar-refractivity contribution in [1.29, 1.82) is 0 Å².